The van der Waals surface area contributed by atoms with Crippen LogP contribution in [0.2, 0.25) is 0 Å². The summed E-state index contributed by atoms with van der Waals surface area (Å²) in [4.78, 5) is 2.31. The fourth-order valence-electron chi connectivity index (χ4n) is 2.75. The summed E-state index contributed by atoms with van der Waals surface area (Å²) in [6.45, 7) is 7.11. The molecule has 116 valence electrons. The van der Waals surface area contributed by atoms with Crippen molar-refractivity contribution in [3.63, 3.8) is 0 Å². The number of hydrogen-bond acceptors (Lipinski definition) is 5. The second kappa shape index (κ2) is 6.64. The Hall–Kier alpha value is -1.30. The second-order valence-corrected chi connectivity index (χ2v) is 5.79. The largest absolute Gasteiger partial charge is 0.486 e. The minimum atomic E-state index is 0.261. The van der Waals surface area contributed by atoms with Gasteiger partial charge in [-0.15, -0.1) is 0 Å². The van der Waals surface area contributed by atoms with Crippen molar-refractivity contribution in [3.8, 4) is 11.5 Å². The highest BCUT2D eigenvalue weighted by atomic mass is 16.6. The van der Waals surface area contributed by atoms with Gasteiger partial charge in [-0.3, -0.25) is 0 Å². The summed E-state index contributed by atoms with van der Waals surface area (Å²) in [7, 11) is 2.14. The smallest absolute Gasteiger partial charge is 0.161 e. The van der Waals surface area contributed by atoms with E-state index in [-0.39, 0.29) is 12.1 Å². The van der Waals surface area contributed by atoms with Gasteiger partial charge in [-0.2, -0.15) is 0 Å². The van der Waals surface area contributed by atoms with Crippen molar-refractivity contribution in [2.75, 3.05) is 46.5 Å². The Morgan fingerprint density at radius 1 is 1.24 bits per heavy atom. The Balaban J connectivity index is 1.56. The maximum Gasteiger partial charge on any atom is 0.161 e. The number of ether oxygens (including phenoxy) is 3. The molecule has 1 N–H and O–H groups in total. The Morgan fingerprint density at radius 3 is 2.86 bits per heavy atom. The third-order valence-electron chi connectivity index (χ3n) is 4.06. The lowest BCUT2D eigenvalue weighted by atomic mass is 10.1. The highest BCUT2D eigenvalue weighted by Crippen LogP contribution is 2.32. The highest BCUT2D eigenvalue weighted by molar-refractivity contribution is 5.44. The first kappa shape index (κ1) is 14.6. The van der Waals surface area contributed by atoms with Gasteiger partial charge >= 0.3 is 0 Å². The molecule has 2 aliphatic heterocycles. The molecule has 1 aromatic carbocycles. The third-order valence-corrected chi connectivity index (χ3v) is 4.06. The van der Waals surface area contributed by atoms with E-state index < -0.39 is 0 Å². The molecule has 1 fully saturated rings. The van der Waals surface area contributed by atoms with Gasteiger partial charge in [0, 0.05) is 25.7 Å². The Bertz CT molecular complexity index is 481. The second-order valence-electron chi connectivity index (χ2n) is 5.79. The van der Waals surface area contributed by atoms with E-state index in [4.69, 9.17) is 14.2 Å². The van der Waals surface area contributed by atoms with Gasteiger partial charge in [0.25, 0.3) is 0 Å². The van der Waals surface area contributed by atoms with Crippen molar-refractivity contribution < 1.29 is 14.2 Å². The van der Waals surface area contributed by atoms with E-state index in [1.54, 1.807) is 0 Å². The Morgan fingerprint density at radius 2 is 2.05 bits per heavy atom. The molecule has 2 atom stereocenters. The van der Waals surface area contributed by atoms with Crippen molar-refractivity contribution in [2.24, 2.45) is 0 Å². The molecule has 2 heterocycles. The molecule has 2 unspecified atom stereocenters. The zero-order valence-electron chi connectivity index (χ0n) is 12.8. The van der Waals surface area contributed by atoms with Crippen LogP contribution in [0, 0.1) is 0 Å². The number of nitrogens with zero attached hydrogens (tertiary/aromatic N) is 1. The Kier molecular flexibility index (Phi) is 4.63. The van der Waals surface area contributed by atoms with Gasteiger partial charge in [0.2, 0.25) is 0 Å². The number of morpholine rings is 1. The lowest BCUT2D eigenvalue weighted by Crippen LogP contribution is -2.45. The minimum Gasteiger partial charge on any atom is -0.486 e. The van der Waals surface area contributed by atoms with Gasteiger partial charge in [0.05, 0.1) is 12.7 Å². The van der Waals surface area contributed by atoms with E-state index in [1.165, 1.54) is 5.56 Å². The average Bonchev–Trinajstić information content (AvgIpc) is 2.52. The van der Waals surface area contributed by atoms with Crippen molar-refractivity contribution in [1.82, 2.24) is 10.2 Å². The van der Waals surface area contributed by atoms with Gasteiger partial charge in [-0.25, -0.2) is 0 Å². The van der Waals surface area contributed by atoms with Crippen LogP contribution < -0.4 is 14.8 Å². The number of fused-ring (bicyclic) bond motifs is 1. The molecule has 5 heteroatoms. The lowest BCUT2D eigenvalue weighted by molar-refractivity contribution is -0.0190. The number of likely N-dealkylation sites (N-methyl/N-ethyl adjacent to an activating group) is 1. The minimum absolute atomic E-state index is 0.261. The van der Waals surface area contributed by atoms with E-state index in [0.717, 1.165) is 37.7 Å². The molecule has 2 aliphatic rings. The molecular weight excluding hydrogens is 268 g/mol. The standard InChI is InChI=1S/C16H24N2O3/c1-12(17-10-14-11-18(2)5-6-19-14)13-3-4-15-16(9-13)21-8-7-20-15/h3-4,9,12,14,17H,5-8,10-11H2,1-2H3. The number of hydrogen-bond donors (Lipinski definition) is 1. The summed E-state index contributed by atoms with van der Waals surface area (Å²) in [6, 6.07) is 6.42. The Labute approximate surface area is 126 Å². The van der Waals surface area contributed by atoms with Gasteiger partial charge in [-0.1, -0.05) is 6.07 Å². The van der Waals surface area contributed by atoms with E-state index >= 15 is 0 Å². The quantitative estimate of drug-likeness (QED) is 0.909. The molecule has 0 aromatic heterocycles. The first-order valence-corrected chi connectivity index (χ1v) is 7.65. The van der Waals surface area contributed by atoms with E-state index in [2.05, 4.69) is 36.3 Å². The SMILES string of the molecule is CC(NCC1CN(C)CCO1)c1ccc2c(c1)OCCO2. The van der Waals surface area contributed by atoms with Crippen LogP contribution in [0.4, 0.5) is 0 Å². The molecule has 1 saturated heterocycles. The topological polar surface area (TPSA) is 43.0 Å². The number of benzene rings is 1. The maximum atomic E-state index is 5.78. The van der Waals surface area contributed by atoms with Crippen molar-refractivity contribution in [2.45, 2.75) is 19.1 Å². The molecule has 0 bridgehead atoms. The van der Waals surface area contributed by atoms with Crippen molar-refractivity contribution in [3.05, 3.63) is 23.8 Å². The molecule has 1 aromatic rings. The molecule has 0 saturated carbocycles. The lowest BCUT2D eigenvalue weighted by Gasteiger charge is -2.31. The predicted molar refractivity (Wildman–Crippen MR) is 81.1 cm³/mol. The zero-order chi connectivity index (χ0) is 14.7. The summed E-state index contributed by atoms with van der Waals surface area (Å²) in [5.41, 5.74) is 1.21. The first-order valence-electron chi connectivity index (χ1n) is 7.65. The van der Waals surface area contributed by atoms with Crippen LogP contribution in [-0.4, -0.2) is 57.5 Å². The fraction of sp³-hybridized carbons (Fsp3) is 0.625. The van der Waals surface area contributed by atoms with Crippen LogP contribution in [0.3, 0.4) is 0 Å². The third kappa shape index (κ3) is 3.67. The summed E-state index contributed by atoms with van der Waals surface area (Å²) in [5, 5.41) is 3.55. The summed E-state index contributed by atoms with van der Waals surface area (Å²) >= 11 is 0. The summed E-state index contributed by atoms with van der Waals surface area (Å²) < 4.78 is 17.0. The predicted octanol–water partition coefficient (Wildman–Crippen LogP) is 1.44. The molecular formula is C16H24N2O3. The molecule has 0 radical (unpaired) electrons. The highest BCUT2D eigenvalue weighted by Gasteiger charge is 2.19. The normalized spacial score (nSPS) is 23.8. The molecule has 5 nitrogen and oxygen atoms in total. The number of nitrogens with one attached hydrogen (secondary N) is 1. The first-order chi connectivity index (χ1) is 10.2. The van der Waals surface area contributed by atoms with Crippen molar-refractivity contribution in [1.29, 1.82) is 0 Å². The molecule has 0 aliphatic carbocycles. The molecule has 3 rings (SSSR count). The van der Waals surface area contributed by atoms with Gasteiger partial charge < -0.3 is 24.4 Å². The van der Waals surface area contributed by atoms with E-state index in [9.17, 15) is 0 Å². The molecule has 21 heavy (non-hydrogen) atoms. The fourth-order valence-corrected chi connectivity index (χ4v) is 2.75. The van der Waals surface area contributed by atoms with Crippen LogP contribution in [0.5, 0.6) is 11.5 Å². The van der Waals surface area contributed by atoms with Gasteiger partial charge in [0.1, 0.15) is 13.2 Å². The summed E-state index contributed by atoms with van der Waals surface area (Å²) in [6.07, 6.45) is 0.267. The van der Waals surface area contributed by atoms with Gasteiger partial charge in [-0.05, 0) is 31.7 Å². The average molecular weight is 292 g/mol. The zero-order valence-corrected chi connectivity index (χ0v) is 12.8. The van der Waals surface area contributed by atoms with Crippen LogP contribution in [0.25, 0.3) is 0 Å². The van der Waals surface area contributed by atoms with Crippen molar-refractivity contribution >= 4 is 0 Å². The number of rotatable bonds is 4. The van der Waals surface area contributed by atoms with Crippen LogP contribution >= 0.6 is 0 Å². The van der Waals surface area contributed by atoms with Gasteiger partial charge in [0.15, 0.2) is 11.5 Å². The monoisotopic (exact) mass is 292 g/mol. The molecule has 0 amide bonds. The van der Waals surface area contributed by atoms with E-state index in [0.29, 0.717) is 13.2 Å². The summed E-state index contributed by atoms with van der Waals surface area (Å²) in [5.74, 6) is 1.69. The maximum absolute atomic E-state index is 5.78. The van der Waals surface area contributed by atoms with Crippen LogP contribution in [0.15, 0.2) is 18.2 Å². The van der Waals surface area contributed by atoms with Crippen LogP contribution in [-0.2, 0) is 4.74 Å². The van der Waals surface area contributed by atoms with E-state index in [1.807, 2.05) is 6.07 Å². The molecule has 0 spiro atoms. The van der Waals surface area contributed by atoms with Crippen LogP contribution in [0.1, 0.15) is 18.5 Å².